The number of rotatable bonds is 4. The van der Waals surface area contributed by atoms with Crippen LogP contribution in [0.3, 0.4) is 0 Å². The maximum Gasteiger partial charge on any atom is 0.490 e. The molecule has 0 bridgehead atoms. The number of aliphatic carboxylic acids is 1. The molecule has 160 valence electrons. The molecule has 0 radical (unpaired) electrons. The Morgan fingerprint density at radius 1 is 1.20 bits per heavy atom. The lowest BCUT2D eigenvalue weighted by Crippen LogP contribution is -2.30. The lowest BCUT2D eigenvalue weighted by Gasteiger charge is -2.25. The Labute approximate surface area is 170 Å². The van der Waals surface area contributed by atoms with Gasteiger partial charge in [0.2, 0.25) is 0 Å². The summed E-state index contributed by atoms with van der Waals surface area (Å²) < 4.78 is 39.4. The van der Waals surface area contributed by atoms with Gasteiger partial charge in [-0.3, -0.25) is 9.88 Å². The maximum absolute atomic E-state index is 10.6. The van der Waals surface area contributed by atoms with Crippen molar-refractivity contribution in [2.75, 3.05) is 6.54 Å². The van der Waals surface area contributed by atoms with Crippen molar-refractivity contribution in [1.29, 1.82) is 0 Å². The third-order valence-electron chi connectivity index (χ3n) is 4.56. The van der Waals surface area contributed by atoms with E-state index in [1.54, 1.807) is 0 Å². The molecule has 0 amide bonds. The first-order chi connectivity index (χ1) is 14.2. The van der Waals surface area contributed by atoms with Crippen molar-refractivity contribution in [2.45, 2.75) is 39.2 Å². The number of pyridine rings is 1. The Balaban J connectivity index is 0.000000318. The fraction of sp³-hybridized carbons (Fsp3) is 0.350. The van der Waals surface area contributed by atoms with E-state index in [0.29, 0.717) is 0 Å². The van der Waals surface area contributed by atoms with Crippen LogP contribution in [0.5, 0.6) is 0 Å². The van der Waals surface area contributed by atoms with Crippen LogP contribution in [0, 0.1) is 6.92 Å². The van der Waals surface area contributed by atoms with Crippen molar-refractivity contribution in [3.8, 4) is 0 Å². The molecule has 10 heteroatoms. The normalized spacial score (nSPS) is 14.0. The van der Waals surface area contributed by atoms with Gasteiger partial charge in [0.25, 0.3) is 0 Å². The van der Waals surface area contributed by atoms with E-state index in [9.17, 15) is 13.2 Å². The average Bonchev–Trinajstić information content (AvgIpc) is 3.32. The van der Waals surface area contributed by atoms with Crippen molar-refractivity contribution < 1.29 is 27.6 Å². The van der Waals surface area contributed by atoms with Gasteiger partial charge in [0.1, 0.15) is 11.5 Å². The van der Waals surface area contributed by atoms with Crippen LogP contribution in [0.25, 0.3) is 0 Å². The highest BCUT2D eigenvalue weighted by molar-refractivity contribution is 5.73. The summed E-state index contributed by atoms with van der Waals surface area (Å²) in [5, 5.41) is 11.4. The standard InChI is InChI=1S/C18H20N4O.C2HF3O2/c1-14-5-4-6-15(19-14)11-22-10-7-18-16(12-22)17(20-23-18)13-21-8-2-3-9-21;3-2(4,5)1(6)7/h2-6,8-9H,7,10-13H2,1H3;(H,6,7). The van der Waals surface area contributed by atoms with Crippen molar-refractivity contribution in [2.24, 2.45) is 0 Å². The monoisotopic (exact) mass is 422 g/mol. The quantitative estimate of drug-likeness (QED) is 0.694. The first-order valence-corrected chi connectivity index (χ1v) is 9.24. The molecule has 1 aliphatic rings. The molecule has 0 unspecified atom stereocenters. The van der Waals surface area contributed by atoms with Crippen LogP contribution < -0.4 is 0 Å². The zero-order valence-corrected chi connectivity index (χ0v) is 16.3. The topological polar surface area (TPSA) is 84.4 Å². The van der Waals surface area contributed by atoms with E-state index < -0.39 is 12.1 Å². The minimum Gasteiger partial charge on any atom is -0.475 e. The number of alkyl halides is 3. The zero-order chi connectivity index (χ0) is 21.7. The highest BCUT2D eigenvalue weighted by Crippen LogP contribution is 2.24. The Kier molecular flexibility index (Phi) is 6.56. The lowest BCUT2D eigenvalue weighted by atomic mass is 10.1. The fourth-order valence-corrected chi connectivity index (χ4v) is 3.14. The van der Waals surface area contributed by atoms with Gasteiger partial charge < -0.3 is 14.2 Å². The number of halogens is 3. The van der Waals surface area contributed by atoms with E-state index in [-0.39, 0.29) is 0 Å². The third-order valence-corrected chi connectivity index (χ3v) is 4.56. The Hall–Kier alpha value is -3.14. The molecule has 30 heavy (non-hydrogen) atoms. The summed E-state index contributed by atoms with van der Waals surface area (Å²) >= 11 is 0. The molecule has 0 atom stereocenters. The summed E-state index contributed by atoms with van der Waals surface area (Å²) in [6.45, 7) is 5.54. The van der Waals surface area contributed by atoms with Crippen molar-refractivity contribution in [3.05, 3.63) is 71.1 Å². The van der Waals surface area contributed by atoms with Crippen LogP contribution in [0.15, 0.2) is 47.2 Å². The van der Waals surface area contributed by atoms with E-state index in [4.69, 9.17) is 14.4 Å². The number of fused-ring (bicyclic) bond motifs is 1. The fourth-order valence-electron chi connectivity index (χ4n) is 3.14. The summed E-state index contributed by atoms with van der Waals surface area (Å²) in [6, 6.07) is 10.3. The van der Waals surface area contributed by atoms with E-state index in [0.717, 1.165) is 55.4 Å². The molecule has 0 aliphatic carbocycles. The van der Waals surface area contributed by atoms with Gasteiger partial charge in [-0.15, -0.1) is 0 Å². The predicted octanol–water partition coefficient (Wildman–Crippen LogP) is 3.42. The van der Waals surface area contributed by atoms with Gasteiger partial charge in [-0.05, 0) is 31.2 Å². The molecule has 0 aromatic carbocycles. The summed E-state index contributed by atoms with van der Waals surface area (Å²) in [7, 11) is 0. The summed E-state index contributed by atoms with van der Waals surface area (Å²) in [6.07, 6.45) is -0.0590. The molecule has 0 spiro atoms. The van der Waals surface area contributed by atoms with E-state index in [2.05, 4.69) is 44.1 Å². The Morgan fingerprint density at radius 2 is 1.90 bits per heavy atom. The van der Waals surface area contributed by atoms with Gasteiger partial charge in [0.05, 0.1) is 12.2 Å². The molecule has 3 aromatic heterocycles. The number of hydrogen-bond acceptors (Lipinski definition) is 5. The van der Waals surface area contributed by atoms with Crippen LogP contribution >= 0.6 is 0 Å². The lowest BCUT2D eigenvalue weighted by molar-refractivity contribution is -0.192. The minimum absolute atomic E-state index is 0.766. The smallest absolute Gasteiger partial charge is 0.475 e. The molecule has 0 saturated carbocycles. The number of hydrogen-bond donors (Lipinski definition) is 1. The number of carbonyl (C=O) groups is 1. The highest BCUT2D eigenvalue weighted by atomic mass is 19.4. The van der Waals surface area contributed by atoms with Gasteiger partial charge in [-0.1, -0.05) is 11.2 Å². The average molecular weight is 422 g/mol. The number of nitrogens with zero attached hydrogens (tertiary/aromatic N) is 4. The molecule has 3 aromatic rings. The van der Waals surface area contributed by atoms with Gasteiger partial charge in [-0.25, -0.2) is 4.79 Å². The SMILES string of the molecule is Cc1cccc(CN2CCc3onc(Cn4cccc4)c3C2)n1.O=C(O)C(F)(F)F. The van der Waals surface area contributed by atoms with Crippen molar-refractivity contribution in [3.63, 3.8) is 0 Å². The molecule has 0 fully saturated rings. The molecule has 1 N–H and O–H groups in total. The van der Waals surface area contributed by atoms with Crippen LogP contribution in [-0.4, -0.2) is 43.4 Å². The number of aryl methyl sites for hydroxylation is 1. The zero-order valence-electron chi connectivity index (χ0n) is 16.3. The van der Waals surface area contributed by atoms with E-state index >= 15 is 0 Å². The second-order valence-electron chi connectivity index (χ2n) is 6.92. The van der Waals surface area contributed by atoms with Gasteiger partial charge in [0.15, 0.2) is 0 Å². The van der Waals surface area contributed by atoms with Crippen LogP contribution in [0.4, 0.5) is 13.2 Å². The van der Waals surface area contributed by atoms with Crippen LogP contribution in [0.2, 0.25) is 0 Å². The predicted molar refractivity (Wildman–Crippen MR) is 101 cm³/mol. The largest absolute Gasteiger partial charge is 0.490 e. The second kappa shape index (κ2) is 9.12. The summed E-state index contributed by atoms with van der Waals surface area (Å²) in [4.78, 5) is 15.9. The molecule has 4 rings (SSSR count). The molecule has 4 heterocycles. The molecule has 7 nitrogen and oxygen atoms in total. The van der Waals surface area contributed by atoms with Crippen LogP contribution in [-0.2, 0) is 30.8 Å². The second-order valence-corrected chi connectivity index (χ2v) is 6.92. The molecular formula is C20H21F3N4O3. The van der Waals surface area contributed by atoms with Crippen LogP contribution in [0.1, 0.15) is 28.4 Å². The Bertz CT molecular complexity index is 984. The van der Waals surface area contributed by atoms with Gasteiger partial charge in [-0.2, -0.15) is 13.2 Å². The number of carboxylic acid groups (broad SMARTS) is 1. The number of aromatic nitrogens is 3. The molecular weight excluding hydrogens is 401 g/mol. The summed E-state index contributed by atoms with van der Waals surface area (Å²) in [5.41, 5.74) is 4.48. The van der Waals surface area contributed by atoms with E-state index in [1.807, 2.05) is 25.1 Å². The third kappa shape index (κ3) is 5.69. The molecule has 0 saturated heterocycles. The Morgan fingerprint density at radius 3 is 2.53 bits per heavy atom. The van der Waals surface area contributed by atoms with Gasteiger partial charge >= 0.3 is 12.1 Å². The van der Waals surface area contributed by atoms with Gasteiger partial charge in [0, 0.05) is 49.7 Å². The maximum atomic E-state index is 10.6. The number of carboxylic acids is 1. The van der Waals surface area contributed by atoms with Crippen molar-refractivity contribution >= 4 is 5.97 Å². The first kappa shape index (κ1) is 21.6. The summed E-state index contributed by atoms with van der Waals surface area (Å²) in [5.74, 6) is -1.71. The minimum atomic E-state index is -5.08. The van der Waals surface area contributed by atoms with E-state index in [1.165, 1.54) is 5.56 Å². The molecule has 1 aliphatic heterocycles. The first-order valence-electron chi connectivity index (χ1n) is 9.24. The highest BCUT2D eigenvalue weighted by Gasteiger charge is 2.38. The van der Waals surface area contributed by atoms with Crippen molar-refractivity contribution in [1.82, 2.24) is 19.6 Å².